The average molecular weight is 228 g/mol. The second kappa shape index (κ2) is 4.23. The molecule has 0 bridgehead atoms. The Bertz CT molecular complexity index is 350. The van der Waals surface area contributed by atoms with E-state index < -0.39 is 0 Å². The monoisotopic (exact) mass is 227 g/mol. The smallest absolute Gasteiger partial charge is 0.0406 e. The molecule has 0 saturated carbocycles. The normalized spacial score (nSPS) is 16.6. The molecule has 0 fully saturated rings. The van der Waals surface area contributed by atoms with Crippen LogP contribution in [-0.4, -0.2) is 4.52 Å². The molecule has 5 heteroatoms. The Hall–Kier alpha value is -0.680. The highest BCUT2D eigenvalue weighted by molar-refractivity contribution is 8.00. The Balaban J connectivity index is 2.01. The van der Waals surface area contributed by atoms with Crippen LogP contribution in [0.15, 0.2) is 35.4 Å². The SMILES string of the molecule is NN1NC=C(Cc2ccc(Cl)cc2)S1. The molecule has 3 N–H and O–H groups in total. The molecule has 0 unspecified atom stereocenters. The van der Waals surface area contributed by atoms with Crippen molar-refractivity contribution in [2.45, 2.75) is 6.42 Å². The summed E-state index contributed by atoms with van der Waals surface area (Å²) < 4.78 is 1.48. The van der Waals surface area contributed by atoms with Crippen LogP contribution in [0.2, 0.25) is 5.02 Å². The van der Waals surface area contributed by atoms with Crippen molar-refractivity contribution in [2.24, 2.45) is 5.84 Å². The molecule has 14 heavy (non-hydrogen) atoms. The van der Waals surface area contributed by atoms with Gasteiger partial charge in [-0.2, -0.15) is 0 Å². The summed E-state index contributed by atoms with van der Waals surface area (Å²) in [6.45, 7) is 0. The summed E-state index contributed by atoms with van der Waals surface area (Å²) in [7, 11) is 0. The van der Waals surface area contributed by atoms with E-state index in [0.29, 0.717) is 0 Å². The van der Waals surface area contributed by atoms with Gasteiger partial charge in [-0.3, -0.25) is 0 Å². The van der Waals surface area contributed by atoms with Gasteiger partial charge in [-0.05, 0) is 29.6 Å². The Morgan fingerprint density at radius 3 is 2.64 bits per heavy atom. The minimum Gasteiger partial charge on any atom is -0.302 e. The number of nitrogens with zero attached hydrogens (tertiary/aromatic N) is 1. The van der Waals surface area contributed by atoms with Crippen molar-refractivity contribution in [1.29, 1.82) is 0 Å². The number of hydrogen-bond acceptors (Lipinski definition) is 4. The molecule has 1 aliphatic rings. The van der Waals surface area contributed by atoms with Crippen molar-refractivity contribution < 1.29 is 0 Å². The first-order valence-corrected chi connectivity index (χ1v) is 5.31. The maximum Gasteiger partial charge on any atom is 0.0406 e. The van der Waals surface area contributed by atoms with Gasteiger partial charge < -0.3 is 5.43 Å². The van der Waals surface area contributed by atoms with Crippen LogP contribution in [-0.2, 0) is 6.42 Å². The largest absolute Gasteiger partial charge is 0.302 e. The Kier molecular flexibility index (Phi) is 2.98. The number of allylic oxidation sites excluding steroid dienone is 1. The van der Waals surface area contributed by atoms with Crippen LogP contribution < -0.4 is 11.3 Å². The average Bonchev–Trinajstić information content (AvgIpc) is 2.56. The number of hydrazine groups is 2. The fourth-order valence-electron chi connectivity index (χ4n) is 1.20. The van der Waals surface area contributed by atoms with Gasteiger partial charge in [0.2, 0.25) is 0 Å². The van der Waals surface area contributed by atoms with E-state index in [4.69, 9.17) is 17.4 Å². The maximum absolute atomic E-state index is 5.79. The second-order valence-electron chi connectivity index (χ2n) is 2.96. The topological polar surface area (TPSA) is 41.3 Å². The molecule has 0 atom stereocenters. The first-order chi connectivity index (χ1) is 6.74. The van der Waals surface area contributed by atoms with E-state index in [2.05, 4.69) is 5.43 Å². The van der Waals surface area contributed by atoms with Gasteiger partial charge in [0.25, 0.3) is 0 Å². The van der Waals surface area contributed by atoms with E-state index >= 15 is 0 Å². The molecule has 0 aromatic heterocycles. The van der Waals surface area contributed by atoms with E-state index in [9.17, 15) is 0 Å². The third-order valence-electron chi connectivity index (χ3n) is 1.86. The van der Waals surface area contributed by atoms with Gasteiger partial charge in [0.1, 0.15) is 0 Å². The molecule has 0 saturated heterocycles. The third-order valence-corrected chi connectivity index (χ3v) is 2.91. The van der Waals surface area contributed by atoms with Crippen LogP contribution in [0.25, 0.3) is 0 Å². The number of rotatable bonds is 2. The lowest BCUT2D eigenvalue weighted by Crippen LogP contribution is -2.30. The van der Waals surface area contributed by atoms with Crippen LogP contribution >= 0.6 is 23.5 Å². The summed E-state index contributed by atoms with van der Waals surface area (Å²) in [6, 6.07) is 7.82. The minimum atomic E-state index is 0.764. The molecule has 0 amide bonds. The summed E-state index contributed by atoms with van der Waals surface area (Å²) in [6.07, 6.45) is 2.78. The Morgan fingerprint density at radius 2 is 2.07 bits per heavy atom. The number of benzene rings is 1. The predicted molar refractivity (Wildman–Crippen MR) is 60.0 cm³/mol. The van der Waals surface area contributed by atoms with Gasteiger partial charge in [-0.25, -0.2) is 5.84 Å². The third kappa shape index (κ3) is 2.42. The van der Waals surface area contributed by atoms with Crippen molar-refractivity contribution in [3.63, 3.8) is 0 Å². The van der Waals surface area contributed by atoms with E-state index in [1.807, 2.05) is 30.5 Å². The summed E-state index contributed by atoms with van der Waals surface area (Å²) >= 11 is 7.28. The van der Waals surface area contributed by atoms with Crippen molar-refractivity contribution >= 4 is 23.5 Å². The zero-order valence-corrected chi connectivity index (χ0v) is 8.98. The Morgan fingerprint density at radius 1 is 1.36 bits per heavy atom. The lowest BCUT2D eigenvalue weighted by atomic mass is 10.1. The van der Waals surface area contributed by atoms with Gasteiger partial charge in [-0.15, -0.1) is 0 Å². The van der Waals surface area contributed by atoms with Gasteiger partial charge in [-0.1, -0.05) is 28.3 Å². The van der Waals surface area contributed by atoms with Crippen LogP contribution in [0, 0.1) is 0 Å². The molecule has 2 rings (SSSR count). The lowest BCUT2D eigenvalue weighted by Gasteiger charge is -2.05. The molecule has 1 aliphatic heterocycles. The molecular weight excluding hydrogens is 218 g/mol. The van der Waals surface area contributed by atoms with E-state index in [1.54, 1.807) is 0 Å². The van der Waals surface area contributed by atoms with E-state index in [1.165, 1.54) is 26.9 Å². The molecule has 0 radical (unpaired) electrons. The zero-order chi connectivity index (χ0) is 9.97. The highest BCUT2D eigenvalue weighted by Gasteiger charge is 2.11. The summed E-state index contributed by atoms with van der Waals surface area (Å²) in [4.78, 5) is 1.19. The summed E-state index contributed by atoms with van der Waals surface area (Å²) in [5.41, 5.74) is 4.11. The number of hydrogen-bond donors (Lipinski definition) is 2. The van der Waals surface area contributed by atoms with Crippen LogP contribution in [0.3, 0.4) is 0 Å². The van der Waals surface area contributed by atoms with E-state index in [-0.39, 0.29) is 0 Å². The second-order valence-corrected chi connectivity index (χ2v) is 4.50. The van der Waals surface area contributed by atoms with Gasteiger partial charge in [0, 0.05) is 22.5 Å². The molecule has 74 valence electrons. The standard InChI is InChI=1S/C9H10ClN3S/c10-8-3-1-7(2-4-8)5-9-6-12-13(11)14-9/h1-4,6,12H,5,11H2. The van der Waals surface area contributed by atoms with E-state index in [0.717, 1.165) is 11.4 Å². The molecule has 1 aromatic carbocycles. The first-order valence-electron chi connectivity index (χ1n) is 4.16. The number of nitrogens with one attached hydrogen (secondary N) is 1. The quantitative estimate of drug-likeness (QED) is 0.600. The molecule has 1 heterocycles. The first kappa shape index (κ1) is 9.86. The van der Waals surface area contributed by atoms with Crippen molar-refractivity contribution in [1.82, 2.24) is 9.95 Å². The number of halogens is 1. The zero-order valence-electron chi connectivity index (χ0n) is 7.40. The van der Waals surface area contributed by atoms with Gasteiger partial charge in [0.05, 0.1) is 0 Å². The van der Waals surface area contributed by atoms with Crippen LogP contribution in [0.1, 0.15) is 5.56 Å². The number of nitrogens with two attached hydrogens (primary N) is 1. The highest BCUT2D eigenvalue weighted by Crippen LogP contribution is 2.25. The van der Waals surface area contributed by atoms with Crippen molar-refractivity contribution in [3.8, 4) is 0 Å². The highest BCUT2D eigenvalue weighted by atomic mass is 35.5. The van der Waals surface area contributed by atoms with Crippen LogP contribution in [0.4, 0.5) is 0 Å². The van der Waals surface area contributed by atoms with Crippen LogP contribution in [0.5, 0.6) is 0 Å². The molecule has 1 aromatic rings. The minimum absolute atomic E-state index is 0.764. The predicted octanol–water partition coefficient (Wildman–Crippen LogP) is 2.07. The maximum atomic E-state index is 5.79. The molecule has 0 spiro atoms. The fourth-order valence-corrected chi connectivity index (χ4v) is 2.02. The molecule has 0 aliphatic carbocycles. The molecule has 3 nitrogen and oxygen atoms in total. The van der Waals surface area contributed by atoms with Crippen molar-refractivity contribution in [3.05, 3.63) is 46.0 Å². The fraction of sp³-hybridized carbons (Fsp3) is 0.111. The lowest BCUT2D eigenvalue weighted by molar-refractivity contribution is 0.440. The van der Waals surface area contributed by atoms with Gasteiger partial charge >= 0.3 is 0 Å². The summed E-state index contributed by atoms with van der Waals surface area (Å²) in [5, 5.41) is 0.764. The van der Waals surface area contributed by atoms with Gasteiger partial charge in [0.15, 0.2) is 0 Å². The Labute approximate surface area is 92.0 Å². The van der Waals surface area contributed by atoms with Crippen molar-refractivity contribution in [2.75, 3.05) is 0 Å². The summed E-state index contributed by atoms with van der Waals surface area (Å²) in [5.74, 6) is 5.51. The molecular formula is C9H10ClN3S.